The Balaban J connectivity index is 1.57. The van der Waals surface area contributed by atoms with Crippen LogP contribution in [-0.2, 0) is 10.3 Å². The third kappa shape index (κ3) is 3.04. The number of thiazole rings is 1. The summed E-state index contributed by atoms with van der Waals surface area (Å²) in [5, 5.41) is 12.3. The van der Waals surface area contributed by atoms with Crippen LogP contribution in [0, 0.1) is 0 Å². The summed E-state index contributed by atoms with van der Waals surface area (Å²) >= 11 is 1.55. The number of hydrogen-bond donors (Lipinski definition) is 1. The van der Waals surface area contributed by atoms with E-state index in [0.29, 0.717) is 24.7 Å². The summed E-state index contributed by atoms with van der Waals surface area (Å²) in [7, 11) is 1.69. The molecule has 2 fully saturated rings. The molecule has 1 amide bonds. The fourth-order valence-electron chi connectivity index (χ4n) is 4.51. The van der Waals surface area contributed by atoms with Crippen molar-refractivity contribution < 1.29 is 19.1 Å². The molecule has 2 unspecified atom stereocenters. The van der Waals surface area contributed by atoms with Crippen LogP contribution in [0.25, 0.3) is 21.7 Å². The summed E-state index contributed by atoms with van der Waals surface area (Å²) in [6, 6.07) is 4.57. The zero-order valence-corrected chi connectivity index (χ0v) is 18.0. The number of carboxylic acid groups (broad SMARTS) is 1. The van der Waals surface area contributed by atoms with Crippen LogP contribution in [-0.4, -0.2) is 58.4 Å². The van der Waals surface area contributed by atoms with E-state index in [2.05, 4.69) is 16.0 Å². The zero-order valence-electron chi connectivity index (χ0n) is 17.2. The molecule has 2 aliphatic rings. The monoisotopic (exact) mass is 428 g/mol. The first kappa shape index (κ1) is 19.3. The van der Waals surface area contributed by atoms with Gasteiger partial charge in [-0.25, -0.2) is 9.78 Å². The second-order valence-corrected chi connectivity index (χ2v) is 9.29. The molecule has 2 aliphatic heterocycles. The van der Waals surface area contributed by atoms with E-state index in [1.165, 1.54) is 0 Å². The third-order valence-corrected chi connectivity index (χ3v) is 7.13. The van der Waals surface area contributed by atoms with Crippen LogP contribution in [0.15, 0.2) is 28.1 Å². The van der Waals surface area contributed by atoms with Gasteiger partial charge in [0.1, 0.15) is 10.5 Å². The Morgan fingerprint density at radius 2 is 2.03 bits per heavy atom. The molecule has 1 N–H and O–H groups in total. The second-order valence-electron chi connectivity index (χ2n) is 8.40. The largest absolute Gasteiger partial charge is 0.465 e. The normalized spacial score (nSPS) is 21.6. The molecule has 30 heavy (non-hydrogen) atoms. The van der Waals surface area contributed by atoms with Crippen LogP contribution < -0.4 is 4.90 Å². The third-order valence-electron chi connectivity index (χ3n) is 6.32. The minimum atomic E-state index is -0.836. The van der Waals surface area contributed by atoms with Crippen molar-refractivity contribution in [2.45, 2.75) is 44.4 Å². The van der Waals surface area contributed by atoms with Crippen molar-refractivity contribution in [3.8, 4) is 10.6 Å². The quantitative estimate of drug-likeness (QED) is 0.667. The summed E-state index contributed by atoms with van der Waals surface area (Å²) in [5.74, 6) is 0. The molecule has 3 aromatic rings. The molecule has 4 heterocycles. The Kier molecular flexibility index (Phi) is 4.48. The van der Waals surface area contributed by atoms with E-state index in [4.69, 9.17) is 14.1 Å². The SMILES string of the molecule is COC(C)(C)c1cc(-c2nccs2)c2oc(N3CC4CCC(C3)N4C(=O)O)nc2c1. The summed E-state index contributed by atoms with van der Waals surface area (Å²) in [6.45, 7) is 5.23. The molecule has 8 nitrogen and oxygen atoms in total. The lowest BCUT2D eigenvalue weighted by Gasteiger charge is -2.38. The Labute approximate surface area is 178 Å². The van der Waals surface area contributed by atoms with Crippen LogP contribution >= 0.6 is 11.3 Å². The van der Waals surface area contributed by atoms with E-state index in [9.17, 15) is 9.90 Å². The Morgan fingerprint density at radius 1 is 1.30 bits per heavy atom. The number of aromatic nitrogens is 2. The van der Waals surface area contributed by atoms with Crippen LogP contribution in [0.4, 0.5) is 10.8 Å². The topological polar surface area (TPSA) is 91.9 Å². The molecule has 0 spiro atoms. The number of amides is 1. The van der Waals surface area contributed by atoms with E-state index in [1.807, 2.05) is 25.3 Å². The molecule has 0 aliphatic carbocycles. The molecule has 0 radical (unpaired) electrons. The Morgan fingerprint density at radius 3 is 2.63 bits per heavy atom. The van der Waals surface area contributed by atoms with E-state index in [-0.39, 0.29) is 12.1 Å². The van der Waals surface area contributed by atoms with Crippen molar-refractivity contribution in [2.24, 2.45) is 0 Å². The highest BCUT2D eigenvalue weighted by Gasteiger charge is 2.44. The highest BCUT2D eigenvalue weighted by Crippen LogP contribution is 2.39. The van der Waals surface area contributed by atoms with Gasteiger partial charge in [0, 0.05) is 31.8 Å². The fraction of sp³-hybridized carbons (Fsp3) is 0.476. The maximum atomic E-state index is 11.6. The number of piperazine rings is 1. The summed E-state index contributed by atoms with van der Waals surface area (Å²) < 4.78 is 12.0. The first-order chi connectivity index (χ1) is 14.4. The molecule has 2 bridgehead atoms. The number of anilines is 1. The molecule has 158 valence electrons. The molecular weight excluding hydrogens is 404 g/mol. The lowest BCUT2D eigenvalue weighted by atomic mass is 9.95. The lowest BCUT2D eigenvalue weighted by molar-refractivity contribution is 0.0193. The van der Waals surface area contributed by atoms with Crippen LogP contribution in [0.5, 0.6) is 0 Å². The van der Waals surface area contributed by atoms with Gasteiger partial charge in [0.05, 0.1) is 23.2 Å². The van der Waals surface area contributed by atoms with Gasteiger partial charge in [0.15, 0.2) is 5.58 Å². The number of nitrogens with zero attached hydrogens (tertiary/aromatic N) is 4. The van der Waals surface area contributed by atoms with E-state index >= 15 is 0 Å². The maximum absolute atomic E-state index is 11.6. The molecule has 2 aromatic heterocycles. The summed E-state index contributed by atoms with van der Waals surface area (Å²) in [5.41, 5.74) is 2.87. The van der Waals surface area contributed by atoms with Gasteiger partial charge in [-0.2, -0.15) is 4.98 Å². The minimum absolute atomic E-state index is 0.0160. The van der Waals surface area contributed by atoms with Gasteiger partial charge >= 0.3 is 6.09 Å². The highest BCUT2D eigenvalue weighted by molar-refractivity contribution is 7.13. The standard InChI is InChI=1S/C21H24N4O4S/c1-21(2,28-3)12-8-15(18-22-6-7-30-18)17-16(9-12)23-19(29-17)24-10-13-4-5-14(11-24)25(13)20(26)27/h6-9,13-14H,4-5,10-11H2,1-3H3,(H,26,27). The molecule has 2 atom stereocenters. The van der Waals surface area contributed by atoms with E-state index in [0.717, 1.165) is 34.5 Å². The minimum Gasteiger partial charge on any atom is -0.465 e. The highest BCUT2D eigenvalue weighted by atomic mass is 32.1. The first-order valence-electron chi connectivity index (χ1n) is 10.0. The van der Waals surface area contributed by atoms with Gasteiger partial charge < -0.3 is 19.2 Å². The summed E-state index contributed by atoms with van der Waals surface area (Å²) in [6.07, 6.45) is 2.70. The van der Waals surface area contributed by atoms with Crippen LogP contribution in [0.2, 0.25) is 0 Å². The van der Waals surface area contributed by atoms with Crippen LogP contribution in [0.1, 0.15) is 32.3 Å². The van der Waals surface area contributed by atoms with Crippen molar-refractivity contribution in [2.75, 3.05) is 25.1 Å². The van der Waals surface area contributed by atoms with E-state index in [1.54, 1.807) is 29.5 Å². The van der Waals surface area contributed by atoms with Gasteiger partial charge in [-0.1, -0.05) is 0 Å². The number of rotatable bonds is 4. The van der Waals surface area contributed by atoms with Crippen LogP contribution in [0.3, 0.4) is 0 Å². The smallest absolute Gasteiger partial charge is 0.407 e. The number of carbonyl (C=O) groups is 1. The second kappa shape index (κ2) is 6.95. The fourth-order valence-corrected chi connectivity index (χ4v) is 5.16. The van der Waals surface area contributed by atoms with Crippen molar-refractivity contribution in [3.05, 3.63) is 29.3 Å². The lowest BCUT2D eigenvalue weighted by Crippen LogP contribution is -2.55. The molecular formula is C21H24N4O4S. The molecule has 0 saturated carbocycles. The van der Waals surface area contributed by atoms with E-state index < -0.39 is 11.7 Å². The number of benzene rings is 1. The number of ether oxygens (including phenoxy) is 1. The van der Waals surface area contributed by atoms with Gasteiger partial charge in [0.2, 0.25) is 0 Å². The molecule has 1 aromatic carbocycles. The summed E-state index contributed by atoms with van der Waals surface area (Å²) in [4.78, 5) is 24.5. The number of methoxy groups -OCH3 is 1. The Bertz CT molecular complexity index is 1080. The molecule has 2 saturated heterocycles. The van der Waals surface area contributed by atoms with Gasteiger partial charge in [-0.3, -0.25) is 4.90 Å². The predicted octanol–water partition coefficient (Wildman–Crippen LogP) is 4.16. The predicted molar refractivity (Wildman–Crippen MR) is 114 cm³/mol. The molecule has 5 rings (SSSR count). The van der Waals surface area contributed by atoms with Gasteiger partial charge in [-0.15, -0.1) is 11.3 Å². The number of hydrogen-bond acceptors (Lipinski definition) is 7. The van der Waals surface area contributed by atoms with Gasteiger partial charge in [-0.05, 0) is 44.4 Å². The van der Waals surface area contributed by atoms with Gasteiger partial charge in [0.25, 0.3) is 6.01 Å². The van der Waals surface area contributed by atoms with Crippen molar-refractivity contribution >= 4 is 34.5 Å². The number of oxazole rings is 1. The first-order valence-corrected chi connectivity index (χ1v) is 10.9. The maximum Gasteiger partial charge on any atom is 0.407 e. The average molecular weight is 429 g/mol. The zero-order chi connectivity index (χ0) is 21.0. The average Bonchev–Trinajstić information content (AvgIpc) is 3.45. The number of fused-ring (bicyclic) bond motifs is 3. The van der Waals surface area contributed by atoms with Crippen molar-refractivity contribution in [3.63, 3.8) is 0 Å². The van der Waals surface area contributed by atoms with Crippen molar-refractivity contribution in [1.29, 1.82) is 0 Å². The van der Waals surface area contributed by atoms with Crippen molar-refractivity contribution in [1.82, 2.24) is 14.9 Å². The Hall–Kier alpha value is -2.65. The molecule has 9 heteroatoms.